The van der Waals surface area contributed by atoms with Gasteiger partial charge in [0.2, 0.25) is 0 Å². The summed E-state index contributed by atoms with van der Waals surface area (Å²) in [6.45, 7) is 4.75. The van der Waals surface area contributed by atoms with Gasteiger partial charge in [-0.2, -0.15) is 0 Å². The molecule has 3 atom stereocenters. The fourth-order valence-electron chi connectivity index (χ4n) is 5.36. The van der Waals surface area contributed by atoms with E-state index in [1.165, 1.54) is 22.5 Å². The molecule has 1 aliphatic heterocycles. The van der Waals surface area contributed by atoms with Gasteiger partial charge in [0, 0.05) is 28.5 Å². The van der Waals surface area contributed by atoms with Crippen LogP contribution >= 0.6 is 0 Å². The van der Waals surface area contributed by atoms with Crippen molar-refractivity contribution >= 4 is 17.1 Å². The largest absolute Gasteiger partial charge is 0.398 e. The third-order valence-electron chi connectivity index (χ3n) is 6.52. The molecular formula is C26H26N2. The lowest BCUT2D eigenvalue weighted by Crippen LogP contribution is -2.45. The van der Waals surface area contributed by atoms with Crippen LogP contribution in [0.15, 0.2) is 84.9 Å². The molecule has 3 unspecified atom stereocenters. The molecule has 2 heteroatoms. The molecule has 2 N–H and O–H groups in total. The number of rotatable bonds is 2. The molecular weight excluding hydrogens is 340 g/mol. The van der Waals surface area contributed by atoms with Gasteiger partial charge in [-0.05, 0) is 54.7 Å². The van der Waals surface area contributed by atoms with Crippen LogP contribution < -0.4 is 10.6 Å². The van der Waals surface area contributed by atoms with Gasteiger partial charge in [0.25, 0.3) is 0 Å². The minimum atomic E-state index is -0.0803. The molecule has 2 nitrogen and oxygen atoms in total. The number of hydrogen-bond donors (Lipinski definition) is 1. The van der Waals surface area contributed by atoms with E-state index in [9.17, 15) is 0 Å². The zero-order valence-corrected chi connectivity index (χ0v) is 16.5. The van der Waals surface area contributed by atoms with E-state index < -0.39 is 0 Å². The zero-order valence-electron chi connectivity index (χ0n) is 16.5. The number of allylic oxidation sites excluding steroid dienone is 1. The summed E-state index contributed by atoms with van der Waals surface area (Å²) in [7, 11) is 0. The van der Waals surface area contributed by atoms with Gasteiger partial charge in [0.05, 0.1) is 5.54 Å². The first-order chi connectivity index (χ1) is 13.6. The van der Waals surface area contributed by atoms with Crippen molar-refractivity contribution in [3.05, 3.63) is 90.5 Å². The fourth-order valence-corrected chi connectivity index (χ4v) is 5.36. The number of nitrogen functional groups attached to an aromatic ring is 1. The summed E-state index contributed by atoms with van der Waals surface area (Å²) in [5.74, 6) is 1.02. The second-order valence-corrected chi connectivity index (χ2v) is 8.35. The molecule has 28 heavy (non-hydrogen) atoms. The van der Waals surface area contributed by atoms with Gasteiger partial charge in [-0.3, -0.25) is 0 Å². The highest BCUT2D eigenvalue weighted by Crippen LogP contribution is 2.58. The number of benzene rings is 3. The van der Waals surface area contributed by atoms with Crippen LogP contribution in [0.5, 0.6) is 0 Å². The fraction of sp³-hybridized carbons (Fsp3) is 0.231. The average Bonchev–Trinajstić information content (AvgIpc) is 2.97. The molecule has 0 spiro atoms. The monoisotopic (exact) mass is 366 g/mol. The summed E-state index contributed by atoms with van der Waals surface area (Å²) in [6.07, 6.45) is 5.88. The molecule has 3 aromatic rings. The highest BCUT2D eigenvalue weighted by Gasteiger charge is 2.50. The molecule has 0 bridgehead atoms. The third-order valence-corrected chi connectivity index (χ3v) is 6.52. The van der Waals surface area contributed by atoms with E-state index in [1.807, 2.05) is 0 Å². The van der Waals surface area contributed by atoms with Crippen LogP contribution in [-0.4, -0.2) is 5.54 Å². The van der Waals surface area contributed by atoms with E-state index in [0.29, 0.717) is 11.8 Å². The molecule has 1 aliphatic carbocycles. The second-order valence-electron chi connectivity index (χ2n) is 8.35. The average molecular weight is 367 g/mol. The third kappa shape index (κ3) is 2.41. The maximum atomic E-state index is 6.59. The van der Waals surface area contributed by atoms with Crippen LogP contribution in [0.25, 0.3) is 11.1 Å². The van der Waals surface area contributed by atoms with E-state index in [2.05, 4.69) is 104 Å². The topological polar surface area (TPSA) is 29.3 Å². The maximum absolute atomic E-state index is 6.59. The van der Waals surface area contributed by atoms with Crippen LogP contribution in [0, 0.1) is 5.92 Å². The van der Waals surface area contributed by atoms with E-state index in [1.54, 1.807) is 0 Å². The van der Waals surface area contributed by atoms with Gasteiger partial charge < -0.3 is 10.6 Å². The molecule has 5 rings (SSSR count). The van der Waals surface area contributed by atoms with E-state index in [4.69, 9.17) is 5.73 Å². The van der Waals surface area contributed by atoms with Crippen molar-refractivity contribution in [1.29, 1.82) is 0 Å². The first-order valence-electron chi connectivity index (χ1n) is 10.1. The Kier molecular flexibility index (Phi) is 3.83. The summed E-state index contributed by atoms with van der Waals surface area (Å²) < 4.78 is 0. The zero-order chi connectivity index (χ0) is 19.3. The molecule has 2 aliphatic rings. The Balaban J connectivity index is 1.76. The van der Waals surface area contributed by atoms with Gasteiger partial charge in [-0.15, -0.1) is 0 Å². The lowest BCUT2D eigenvalue weighted by molar-refractivity contribution is 0.347. The lowest BCUT2D eigenvalue weighted by Gasteiger charge is -2.43. The summed E-state index contributed by atoms with van der Waals surface area (Å²) in [4.78, 5) is 2.49. The highest BCUT2D eigenvalue weighted by atomic mass is 15.2. The smallest absolute Gasteiger partial charge is 0.0677 e. The summed E-state index contributed by atoms with van der Waals surface area (Å²) >= 11 is 0. The number of fused-ring (bicyclic) bond motifs is 3. The first-order valence-corrected chi connectivity index (χ1v) is 10.1. The molecule has 3 aromatic carbocycles. The lowest BCUT2D eigenvalue weighted by atomic mass is 9.70. The summed E-state index contributed by atoms with van der Waals surface area (Å²) in [5.41, 5.74) is 13.5. The Labute approximate surface area is 167 Å². The van der Waals surface area contributed by atoms with Gasteiger partial charge in [0.1, 0.15) is 0 Å². The van der Waals surface area contributed by atoms with Crippen molar-refractivity contribution < 1.29 is 0 Å². The Morgan fingerprint density at radius 1 is 0.964 bits per heavy atom. The predicted molar refractivity (Wildman–Crippen MR) is 119 cm³/mol. The second kappa shape index (κ2) is 6.27. The van der Waals surface area contributed by atoms with E-state index >= 15 is 0 Å². The highest BCUT2D eigenvalue weighted by molar-refractivity contribution is 5.86. The molecule has 0 fully saturated rings. The van der Waals surface area contributed by atoms with Crippen molar-refractivity contribution in [2.24, 2.45) is 5.92 Å². The van der Waals surface area contributed by atoms with Crippen molar-refractivity contribution in [2.75, 3.05) is 10.6 Å². The normalized spacial score (nSPS) is 25.4. The van der Waals surface area contributed by atoms with Crippen molar-refractivity contribution in [2.45, 2.75) is 31.7 Å². The quantitative estimate of drug-likeness (QED) is 0.413. The molecule has 0 radical (unpaired) electrons. The van der Waals surface area contributed by atoms with Crippen LogP contribution in [0.1, 0.15) is 31.7 Å². The van der Waals surface area contributed by atoms with Gasteiger partial charge >= 0.3 is 0 Å². The molecule has 140 valence electrons. The van der Waals surface area contributed by atoms with E-state index in [-0.39, 0.29) is 5.54 Å². The van der Waals surface area contributed by atoms with Gasteiger partial charge in [-0.1, -0.05) is 67.6 Å². The summed E-state index contributed by atoms with van der Waals surface area (Å²) in [5, 5.41) is 0. The summed E-state index contributed by atoms with van der Waals surface area (Å²) in [6, 6.07) is 25.7. The molecule has 0 saturated carbocycles. The Morgan fingerprint density at radius 2 is 1.64 bits per heavy atom. The van der Waals surface area contributed by atoms with Gasteiger partial charge in [-0.25, -0.2) is 0 Å². The number of hydrogen-bond acceptors (Lipinski definition) is 2. The first kappa shape index (κ1) is 17.1. The van der Waals surface area contributed by atoms with Crippen LogP contribution in [0.2, 0.25) is 0 Å². The van der Waals surface area contributed by atoms with Crippen LogP contribution in [0.3, 0.4) is 0 Å². The predicted octanol–water partition coefficient (Wildman–Crippen LogP) is 6.53. The standard InChI is InChI=1S/C26H26N2/c1-18-10-9-15-26(2)25(18)22-16-21(19-11-5-3-6-12-19)23(27)17-24(22)28(26)20-13-7-4-8-14-20/h3-9,11-18,25H,10,27H2,1-2H3. The molecule has 0 aromatic heterocycles. The number of anilines is 3. The SMILES string of the molecule is CC1CC=CC2(C)C1c1cc(-c3ccccc3)c(N)cc1N2c1ccccc1. The molecule has 0 amide bonds. The molecule has 0 saturated heterocycles. The van der Waals surface area contributed by atoms with Crippen LogP contribution in [-0.2, 0) is 0 Å². The van der Waals surface area contributed by atoms with Crippen molar-refractivity contribution in [1.82, 2.24) is 0 Å². The van der Waals surface area contributed by atoms with Crippen LogP contribution in [0.4, 0.5) is 17.1 Å². The minimum Gasteiger partial charge on any atom is -0.398 e. The maximum Gasteiger partial charge on any atom is 0.0677 e. The minimum absolute atomic E-state index is 0.0803. The number of nitrogens with two attached hydrogens (primary N) is 1. The van der Waals surface area contributed by atoms with Crippen molar-refractivity contribution in [3.63, 3.8) is 0 Å². The number of nitrogens with zero attached hydrogens (tertiary/aromatic N) is 1. The van der Waals surface area contributed by atoms with Crippen molar-refractivity contribution in [3.8, 4) is 11.1 Å². The van der Waals surface area contributed by atoms with Gasteiger partial charge in [0.15, 0.2) is 0 Å². The Bertz CT molecular complexity index is 1040. The molecule has 1 heterocycles. The van der Waals surface area contributed by atoms with E-state index in [0.717, 1.165) is 17.7 Å². The Hall–Kier alpha value is -3.00. The Morgan fingerprint density at radius 3 is 2.36 bits per heavy atom. The number of para-hydroxylation sites is 1.